The number of hydrogen-bond donors (Lipinski definition) is 4. The summed E-state index contributed by atoms with van der Waals surface area (Å²) >= 11 is 0. The molecule has 0 atom stereocenters. The van der Waals surface area contributed by atoms with Gasteiger partial charge in [0.25, 0.3) is 0 Å². The molecule has 0 saturated carbocycles. The normalized spacial score (nSPS) is 9.96. The van der Waals surface area contributed by atoms with Gasteiger partial charge in [-0.1, -0.05) is 43.0 Å². The van der Waals surface area contributed by atoms with Gasteiger partial charge in [-0.25, -0.2) is 4.57 Å². The summed E-state index contributed by atoms with van der Waals surface area (Å²) in [4.78, 5) is 31.0. The number of nitrogens with zero attached hydrogens (tertiary/aromatic N) is 2. The molecular weight excluding hydrogens is 333 g/mol. The van der Waals surface area contributed by atoms with Crippen LogP contribution in [0.2, 0.25) is 0 Å². The lowest BCUT2D eigenvalue weighted by Crippen LogP contribution is -2.04. The molecule has 0 aliphatic carbocycles. The van der Waals surface area contributed by atoms with Crippen molar-refractivity contribution in [1.29, 1.82) is 0 Å². The number of carbonyl (C=O) groups is 1. The van der Waals surface area contributed by atoms with E-state index in [0.717, 1.165) is 17.5 Å². The average Bonchev–Trinajstić information content (AvgIpc) is 2.54. The van der Waals surface area contributed by atoms with Crippen LogP contribution < -0.4 is 5.73 Å². The van der Waals surface area contributed by atoms with Crippen molar-refractivity contribution in [3.05, 3.63) is 73.3 Å². The Morgan fingerprint density at radius 3 is 1.38 bits per heavy atom. The van der Waals surface area contributed by atoms with Gasteiger partial charge in [0.2, 0.25) is 5.91 Å². The van der Waals surface area contributed by atoms with Gasteiger partial charge in [-0.05, 0) is 30.3 Å². The number of phosphoric acid groups is 1. The van der Waals surface area contributed by atoms with Crippen LogP contribution in [-0.4, -0.2) is 20.6 Å². The number of hydrogen-bond acceptors (Lipinski definition) is 4. The van der Waals surface area contributed by atoms with Crippen LogP contribution in [0.15, 0.2) is 83.5 Å². The molecule has 0 aromatic heterocycles. The van der Waals surface area contributed by atoms with Crippen LogP contribution in [-0.2, 0) is 9.36 Å². The third kappa shape index (κ3) is 15.7. The smallest absolute Gasteiger partial charge is 0.366 e. The Kier molecular flexibility index (Phi) is 10.6. The second-order valence-corrected chi connectivity index (χ2v) is 5.02. The topological polar surface area (TPSA) is 146 Å². The molecule has 2 rings (SSSR count). The molecule has 0 bridgehead atoms. The fourth-order valence-electron chi connectivity index (χ4n) is 1.10. The van der Waals surface area contributed by atoms with Gasteiger partial charge in [-0.3, -0.25) is 4.79 Å². The lowest BCUT2D eigenvalue weighted by Gasteiger charge is -1.91. The number of rotatable bonds is 3. The molecule has 0 aliphatic heterocycles. The van der Waals surface area contributed by atoms with E-state index in [2.05, 4.69) is 22.5 Å². The lowest BCUT2D eigenvalue weighted by molar-refractivity contribution is -0.113. The highest BCUT2D eigenvalue weighted by Gasteiger charge is 2.00. The first-order valence-corrected chi connectivity index (χ1v) is 8.01. The summed E-state index contributed by atoms with van der Waals surface area (Å²) in [5, 5.41) is 8.20. The predicted octanol–water partition coefficient (Wildman–Crippen LogP) is 2.83. The highest BCUT2D eigenvalue weighted by molar-refractivity contribution is 7.45. The summed E-state index contributed by atoms with van der Waals surface area (Å²) in [5.74, 6) is -0.481. The quantitative estimate of drug-likeness (QED) is 0.381. The first-order chi connectivity index (χ1) is 11.2. The van der Waals surface area contributed by atoms with E-state index < -0.39 is 13.7 Å². The molecule has 128 valence electrons. The van der Waals surface area contributed by atoms with Gasteiger partial charge in [-0.15, -0.1) is 0 Å². The summed E-state index contributed by atoms with van der Waals surface area (Å²) in [6.45, 7) is 3.09. The van der Waals surface area contributed by atoms with E-state index in [0.29, 0.717) is 0 Å². The summed E-state index contributed by atoms with van der Waals surface area (Å²) in [5.41, 5.74) is 6.28. The molecule has 0 spiro atoms. The fraction of sp³-hybridized carbons (Fsp3) is 0. The maximum atomic E-state index is 9.47. The van der Waals surface area contributed by atoms with Crippen LogP contribution in [0.1, 0.15) is 0 Å². The van der Waals surface area contributed by atoms with Crippen LogP contribution in [0.25, 0.3) is 0 Å². The molecule has 0 aliphatic rings. The molecule has 0 saturated heterocycles. The SMILES string of the molecule is C=CC(N)=O.O=P(O)(O)O.c1ccc(N=Nc2ccccc2)cc1. The zero-order chi connectivity index (χ0) is 18.4. The van der Waals surface area contributed by atoms with E-state index in [9.17, 15) is 4.79 Å². The van der Waals surface area contributed by atoms with Gasteiger partial charge >= 0.3 is 7.82 Å². The Morgan fingerprint density at radius 2 is 1.17 bits per heavy atom. The van der Waals surface area contributed by atoms with E-state index in [1.165, 1.54) is 0 Å². The van der Waals surface area contributed by atoms with Gasteiger partial charge in [0.1, 0.15) is 0 Å². The number of azo groups is 1. The van der Waals surface area contributed by atoms with Gasteiger partial charge in [0.05, 0.1) is 11.4 Å². The average molecular weight is 351 g/mol. The minimum atomic E-state index is -4.64. The Morgan fingerprint density at radius 1 is 0.917 bits per heavy atom. The molecular formula is C15H18N3O5P. The van der Waals surface area contributed by atoms with Crippen LogP contribution in [0.3, 0.4) is 0 Å². The molecule has 0 unspecified atom stereocenters. The molecule has 5 N–H and O–H groups in total. The highest BCUT2D eigenvalue weighted by atomic mass is 31.2. The molecule has 2 aromatic carbocycles. The molecule has 0 heterocycles. The molecule has 0 fully saturated rings. The van der Waals surface area contributed by atoms with E-state index in [1.54, 1.807) is 0 Å². The van der Waals surface area contributed by atoms with E-state index in [-0.39, 0.29) is 0 Å². The highest BCUT2D eigenvalue weighted by Crippen LogP contribution is 2.25. The summed E-state index contributed by atoms with van der Waals surface area (Å²) in [6, 6.07) is 19.4. The Hall–Kier alpha value is -2.64. The number of amides is 1. The molecule has 8 nitrogen and oxygen atoms in total. The van der Waals surface area contributed by atoms with Crippen molar-refractivity contribution in [3.8, 4) is 0 Å². The summed E-state index contributed by atoms with van der Waals surface area (Å²) in [7, 11) is -4.64. The summed E-state index contributed by atoms with van der Waals surface area (Å²) < 4.78 is 8.88. The zero-order valence-corrected chi connectivity index (χ0v) is 13.5. The Balaban J connectivity index is 0.000000442. The lowest BCUT2D eigenvalue weighted by atomic mass is 10.3. The van der Waals surface area contributed by atoms with Crippen molar-refractivity contribution in [2.45, 2.75) is 0 Å². The largest absolute Gasteiger partial charge is 0.466 e. The van der Waals surface area contributed by atoms with Crippen LogP contribution in [0, 0.1) is 0 Å². The number of benzene rings is 2. The van der Waals surface area contributed by atoms with Gasteiger partial charge < -0.3 is 20.4 Å². The second kappa shape index (κ2) is 11.9. The zero-order valence-electron chi connectivity index (χ0n) is 12.6. The van der Waals surface area contributed by atoms with Crippen molar-refractivity contribution >= 4 is 25.1 Å². The minimum Gasteiger partial charge on any atom is -0.366 e. The second-order valence-electron chi connectivity index (χ2n) is 3.99. The van der Waals surface area contributed by atoms with Gasteiger partial charge in [0, 0.05) is 0 Å². The number of primary amides is 1. The minimum absolute atomic E-state index is 0.481. The monoisotopic (exact) mass is 351 g/mol. The van der Waals surface area contributed by atoms with E-state index in [4.69, 9.17) is 19.2 Å². The van der Waals surface area contributed by atoms with E-state index >= 15 is 0 Å². The number of carbonyl (C=O) groups excluding carboxylic acids is 1. The molecule has 1 amide bonds. The van der Waals surface area contributed by atoms with Gasteiger partial charge in [-0.2, -0.15) is 10.2 Å². The van der Waals surface area contributed by atoms with Crippen molar-refractivity contribution in [2.24, 2.45) is 16.0 Å². The van der Waals surface area contributed by atoms with Gasteiger partial charge in [0.15, 0.2) is 0 Å². The predicted molar refractivity (Wildman–Crippen MR) is 90.7 cm³/mol. The van der Waals surface area contributed by atoms with Crippen molar-refractivity contribution < 1.29 is 24.0 Å². The van der Waals surface area contributed by atoms with Crippen LogP contribution in [0.4, 0.5) is 11.4 Å². The maximum absolute atomic E-state index is 9.47. The van der Waals surface area contributed by atoms with Crippen molar-refractivity contribution in [1.82, 2.24) is 0 Å². The first kappa shape index (κ1) is 21.4. The van der Waals surface area contributed by atoms with Crippen LogP contribution in [0.5, 0.6) is 0 Å². The van der Waals surface area contributed by atoms with Crippen LogP contribution >= 0.6 is 7.82 Å². The molecule has 9 heteroatoms. The fourth-order valence-corrected chi connectivity index (χ4v) is 1.10. The molecule has 24 heavy (non-hydrogen) atoms. The Bertz CT molecular complexity index is 637. The third-order valence-corrected chi connectivity index (χ3v) is 1.99. The maximum Gasteiger partial charge on any atom is 0.466 e. The number of nitrogens with two attached hydrogens (primary N) is 1. The molecule has 2 aromatic rings. The third-order valence-electron chi connectivity index (χ3n) is 1.99. The molecule has 0 radical (unpaired) electrons. The Labute approximate surface area is 139 Å². The van der Waals surface area contributed by atoms with E-state index in [1.807, 2.05) is 60.7 Å². The van der Waals surface area contributed by atoms with Crippen molar-refractivity contribution in [3.63, 3.8) is 0 Å². The van der Waals surface area contributed by atoms with Crippen molar-refractivity contribution in [2.75, 3.05) is 0 Å². The first-order valence-electron chi connectivity index (χ1n) is 6.44. The standard InChI is InChI=1S/C12H10N2.C3H5NO.H3O4P/c1-3-7-11(8-4-1)13-14-12-9-5-2-6-10-12;1-2-3(4)5;1-5(2,3)4/h1-10H;2H,1H2,(H2,4,5);(H3,1,2,3,4). The summed E-state index contributed by atoms with van der Waals surface area (Å²) in [6.07, 6.45) is 1.06.